The summed E-state index contributed by atoms with van der Waals surface area (Å²) in [5, 5.41) is 0. The molecule has 23 heavy (non-hydrogen) atoms. The van der Waals surface area contributed by atoms with Crippen molar-refractivity contribution in [3.05, 3.63) is 47.5 Å². The van der Waals surface area contributed by atoms with E-state index in [1.807, 2.05) is 36.4 Å². The standard InChI is InChI=1S/C18H23NO4/c1-20-15-9-8-12(11-17(15)22-3)14(19)10-13-6-5-7-16(21-2)18(13)23-4/h5-9,11,14H,10,19H2,1-4H3/t14-/m0/s1. The van der Waals surface area contributed by atoms with E-state index in [0.717, 1.165) is 11.1 Å². The first-order chi connectivity index (χ1) is 11.1. The van der Waals surface area contributed by atoms with Gasteiger partial charge in [0, 0.05) is 6.04 Å². The van der Waals surface area contributed by atoms with Gasteiger partial charge < -0.3 is 24.7 Å². The molecule has 1 atom stereocenters. The van der Waals surface area contributed by atoms with Gasteiger partial charge in [-0.1, -0.05) is 18.2 Å². The van der Waals surface area contributed by atoms with Crippen LogP contribution in [0.3, 0.4) is 0 Å². The number of ether oxygens (including phenoxy) is 4. The van der Waals surface area contributed by atoms with Crippen LogP contribution in [-0.4, -0.2) is 28.4 Å². The number of benzene rings is 2. The smallest absolute Gasteiger partial charge is 0.163 e. The lowest BCUT2D eigenvalue weighted by Crippen LogP contribution is -2.14. The molecule has 0 heterocycles. The Morgan fingerprint density at radius 2 is 1.52 bits per heavy atom. The Hall–Kier alpha value is -2.40. The van der Waals surface area contributed by atoms with Gasteiger partial charge in [-0.25, -0.2) is 0 Å². The van der Waals surface area contributed by atoms with Crippen LogP contribution in [-0.2, 0) is 6.42 Å². The van der Waals surface area contributed by atoms with Crippen molar-refractivity contribution in [1.82, 2.24) is 0 Å². The van der Waals surface area contributed by atoms with Crippen molar-refractivity contribution in [3.63, 3.8) is 0 Å². The summed E-state index contributed by atoms with van der Waals surface area (Å²) in [4.78, 5) is 0. The topological polar surface area (TPSA) is 62.9 Å². The van der Waals surface area contributed by atoms with E-state index in [2.05, 4.69) is 0 Å². The van der Waals surface area contributed by atoms with Crippen LogP contribution >= 0.6 is 0 Å². The monoisotopic (exact) mass is 317 g/mol. The van der Waals surface area contributed by atoms with Gasteiger partial charge in [-0.3, -0.25) is 0 Å². The van der Waals surface area contributed by atoms with Crippen LogP contribution in [0.25, 0.3) is 0 Å². The second-order valence-electron chi connectivity index (χ2n) is 5.08. The van der Waals surface area contributed by atoms with Crippen molar-refractivity contribution < 1.29 is 18.9 Å². The average molecular weight is 317 g/mol. The maximum Gasteiger partial charge on any atom is 0.163 e. The number of rotatable bonds is 7. The molecule has 0 saturated carbocycles. The van der Waals surface area contributed by atoms with Gasteiger partial charge >= 0.3 is 0 Å². The number of hydrogen-bond acceptors (Lipinski definition) is 5. The predicted molar refractivity (Wildman–Crippen MR) is 89.7 cm³/mol. The van der Waals surface area contributed by atoms with Gasteiger partial charge in [0.25, 0.3) is 0 Å². The van der Waals surface area contributed by atoms with Gasteiger partial charge in [-0.05, 0) is 35.7 Å². The van der Waals surface area contributed by atoms with Gasteiger partial charge in [0.15, 0.2) is 23.0 Å². The molecule has 0 aliphatic carbocycles. The van der Waals surface area contributed by atoms with E-state index in [0.29, 0.717) is 29.4 Å². The van der Waals surface area contributed by atoms with E-state index in [-0.39, 0.29) is 6.04 Å². The number of para-hydroxylation sites is 1. The summed E-state index contributed by atoms with van der Waals surface area (Å²) >= 11 is 0. The van der Waals surface area contributed by atoms with Crippen LogP contribution in [0.5, 0.6) is 23.0 Å². The molecule has 124 valence electrons. The molecule has 0 aromatic heterocycles. The van der Waals surface area contributed by atoms with Crippen molar-refractivity contribution in [2.75, 3.05) is 28.4 Å². The van der Waals surface area contributed by atoms with E-state index in [4.69, 9.17) is 24.7 Å². The van der Waals surface area contributed by atoms with E-state index >= 15 is 0 Å². The van der Waals surface area contributed by atoms with Crippen LogP contribution in [0.15, 0.2) is 36.4 Å². The molecule has 0 radical (unpaired) electrons. The lowest BCUT2D eigenvalue weighted by atomic mass is 9.98. The van der Waals surface area contributed by atoms with E-state index in [1.54, 1.807) is 28.4 Å². The quantitative estimate of drug-likeness (QED) is 0.850. The van der Waals surface area contributed by atoms with E-state index in [1.165, 1.54) is 0 Å². The van der Waals surface area contributed by atoms with Gasteiger partial charge in [-0.2, -0.15) is 0 Å². The van der Waals surface area contributed by atoms with Crippen LogP contribution in [0.4, 0.5) is 0 Å². The van der Waals surface area contributed by atoms with Crippen LogP contribution in [0, 0.1) is 0 Å². The third-order valence-electron chi connectivity index (χ3n) is 3.76. The predicted octanol–water partition coefficient (Wildman–Crippen LogP) is 2.96. The SMILES string of the molecule is COc1ccc([C@@H](N)Cc2cccc(OC)c2OC)cc1OC. The molecule has 2 aromatic rings. The molecular weight excluding hydrogens is 294 g/mol. The molecule has 2 N–H and O–H groups in total. The Morgan fingerprint density at radius 3 is 2.13 bits per heavy atom. The second kappa shape index (κ2) is 7.74. The van der Waals surface area contributed by atoms with Gasteiger partial charge in [0.1, 0.15) is 0 Å². The lowest BCUT2D eigenvalue weighted by molar-refractivity contribution is 0.350. The molecule has 0 fully saturated rings. The van der Waals surface area contributed by atoms with E-state index in [9.17, 15) is 0 Å². The Kier molecular flexibility index (Phi) is 5.71. The minimum Gasteiger partial charge on any atom is -0.493 e. The lowest BCUT2D eigenvalue weighted by Gasteiger charge is -2.18. The highest BCUT2D eigenvalue weighted by Crippen LogP contribution is 2.34. The van der Waals surface area contributed by atoms with Crippen molar-refractivity contribution in [1.29, 1.82) is 0 Å². The van der Waals surface area contributed by atoms with Crippen molar-refractivity contribution in [3.8, 4) is 23.0 Å². The van der Waals surface area contributed by atoms with Crippen LogP contribution < -0.4 is 24.7 Å². The third kappa shape index (κ3) is 3.68. The zero-order chi connectivity index (χ0) is 16.8. The maximum absolute atomic E-state index is 6.36. The summed E-state index contributed by atoms with van der Waals surface area (Å²) in [5.41, 5.74) is 8.32. The molecule has 0 saturated heterocycles. The first-order valence-electron chi connectivity index (χ1n) is 7.32. The molecular formula is C18H23NO4. The molecule has 5 nitrogen and oxygen atoms in total. The molecule has 0 spiro atoms. The normalized spacial score (nSPS) is 11.7. The Labute approximate surface area is 136 Å². The second-order valence-corrected chi connectivity index (χ2v) is 5.08. The molecule has 2 aromatic carbocycles. The minimum absolute atomic E-state index is 0.198. The van der Waals surface area contributed by atoms with Gasteiger partial charge in [-0.15, -0.1) is 0 Å². The van der Waals surface area contributed by atoms with Crippen molar-refractivity contribution in [2.24, 2.45) is 5.73 Å². The Bertz CT molecular complexity index is 657. The molecule has 2 rings (SSSR count). The molecule has 0 bridgehead atoms. The molecule has 0 amide bonds. The number of hydrogen-bond donors (Lipinski definition) is 1. The summed E-state index contributed by atoms with van der Waals surface area (Å²) in [6, 6.07) is 11.3. The minimum atomic E-state index is -0.198. The molecule has 5 heteroatoms. The summed E-state index contributed by atoms with van der Waals surface area (Å²) in [5.74, 6) is 2.76. The summed E-state index contributed by atoms with van der Waals surface area (Å²) in [6.45, 7) is 0. The maximum atomic E-state index is 6.36. The highest BCUT2D eigenvalue weighted by atomic mass is 16.5. The highest BCUT2D eigenvalue weighted by Gasteiger charge is 2.15. The zero-order valence-electron chi connectivity index (χ0n) is 14.0. The molecule has 0 aliphatic heterocycles. The number of methoxy groups -OCH3 is 4. The summed E-state index contributed by atoms with van der Waals surface area (Å²) < 4.78 is 21.4. The molecule has 0 aliphatic rings. The zero-order valence-corrected chi connectivity index (χ0v) is 14.0. The fourth-order valence-electron chi connectivity index (χ4n) is 2.55. The average Bonchev–Trinajstić information content (AvgIpc) is 2.60. The highest BCUT2D eigenvalue weighted by molar-refractivity contribution is 5.48. The first kappa shape index (κ1) is 17.0. The van der Waals surface area contributed by atoms with E-state index < -0.39 is 0 Å². The fraction of sp³-hybridized carbons (Fsp3) is 0.333. The first-order valence-corrected chi connectivity index (χ1v) is 7.32. The molecule has 0 unspecified atom stereocenters. The largest absolute Gasteiger partial charge is 0.493 e. The van der Waals surface area contributed by atoms with Crippen molar-refractivity contribution in [2.45, 2.75) is 12.5 Å². The summed E-state index contributed by atoms with van der Waals surface area (Å²) in [7, 11) is 6.47. The van der Waals surface area contributed by atoms with Gasteiger partial charge in [0.05, 0.1) is 28.4 Å². The summed E-state index contributed by atoms with van der Waals surface area (Å²) in [6.07, 6.45) is 0.621. The van der Waals surface area contributed by atoms with Crippen LogP contribution in [0.2, 0.25) is 0 Å². The van der Waals surface area contributed by atoms with Crippen molar-refractivity contribution >= 4 is 0 Å². The van der Waals surface area contributed by atoms with Gasteiger partial charge in [0.2, 0.25) is 0 Å². The van der Waals surface area contributed by atoms with Crippen LogP contribution in [0.1, 0.15) is 17.2 Å². The number of nitrogens with two attached hydrogens (primary N) is 1. The third-order valence-corrected chi connectivity index (χ3v) is 3.76. The fourth-order valence-corrected chi connectivity index (χ4v) is 2.55. The Balaban J connectivity index is 2.27. The Morgan fingerprint density at radius 1 is 0.826 bits per heavy atom.